The number of benzene rings is 1. The molecule has 0 aliphatic carbocycles. The summed E-state index contributed by atoms with van der Waals surface area (Å²) in [5.41, 5.74) is -0.212. The van der Waals surface area contributed by atoms with Gasteiger partial charge in [0.2, 0.25) is 12.5 Å². The second-order valence-electron chi connectivity index (χ2n) is 2.79. The van der Waals surface area contributed by atoms with Crippen LogP contribution in [-0.2, 0) is 4.79 Å². The Hall–Kier alpha value is -2.11. The van der Waals surface area contributed by atoms with Crippen LogP contribution in [-0.4, -0.2) is 23.7 Å². The summed E-state index contributed by atoms with van der Waals surface area (Å²) in [6.07, 6.45) is 0. The fourth-order valence-corrected chi connectivity index (χ4v) is 1.26. The Labute approximate surface area is 83.0 Å². The van der Waals surface area contributed by atoms with Crippen molar-refractivity contribution in [3.05, 3.63) is 23.5 Å². The monoisotopic (exact) mass is 212 g/mol. The van der Waals surface area contributed by atoms with E-state index in [1.165, 1.54) is 0 Å². The molecule has 5 nitrogen and oxygen atoms in total. The number of carboxylic acids is 1. The van der Waals surface area contributed by atoms with Crippen molar-refractivity contribution < 1.29 is 28.6 Å². The minimum absolute atomic E-state index is 0.151. The summed E-state index contributed by atoms with van der Waals surface area (Å²) in [6.45, 7) is -0.226. The Kier molecular flexibility index (Phi) is 2.03. The van der Waals surface area contributed by atoms with Crippen LogP contribution in [0, 0.1) is 5.82 Å². The third kappa shape index (κ3) is 1.39. The van der Waals surface area contributed by atoms with E-state index < -0.39 is 17.6 Å². The summed E-state index contributed by atoms with van der Waals surface area (Å²) in [5, 5.41) is 8.50. The van der Waals surface area contributed by atoms with E-state index in [2.05, 4.69) is 0 Å². The number of carboxylic acid groups (broad SMARTS) is 1. The number of ketones is 1. The van der Waals surface area contributed by atoms with Crippen molar-refractivity contribution in [1.29, 1.82) is 0 Å². The van der Waals surface area contributed by atoms with Gasteiger partial charge in [-0.2, -0.15) is 0 Å². The quantitative estimate of drug-likeness (QED) is 0.580. The zero-order valence-corrected chi connectivity index (χ0v) is 7.32. The van der Waals surface area contributed by atoms with Crippen molar-refractivity contribution in [1.82, 2.24) is 0 Å². The number of hydrogen-bond acceptors (Lipinski definition) is 4. The zero-order valence-electron chi connectivity index (χ0n) is 7.32. The SMILES string of the molecule is O=C(O)C(=O)c1ccc(F)c2c1OCO2. The van der Waals surface area contributed by atoms with E-state index in [1.807, 2.05) is 0 Å². The van der Waals surface area contributed by atoms with Gasteiger partial charge in [-0.3, -0.25) is 4.79 Å². The first-order valence-corrected chi connectivity index (χ1v) is 3.97. The van der Waals surface area contributed by atoms with Gasteiger partial charge < -0.3 is 14.6 Å². The van der Waals surface area contributed by atoms with Crippen LogP contribution in [0.2, 0.25) is 0 Å². The molecule has 1 aromatic rings. The van der Waals surface area contributed by atoms with Crippen molar-refractivity contribution in [2.75, 3.05) is 6.79 Å². The van der Waals surface area contributed by atoms with Crippen LogP contribution in [0.4, 0.5) is 4.39 Å². The zero-order chi connectivity index (χ0) is 11.0. The Balaban J connectivity index is 2.55. The third-order valence-electron chi connectivity index (χ3n) is 1.91. The number of fused-ring (bicyclic) bond motifs is 1. The van der Waals surface area contributed by atoms with Gasteiger partial charge in [0.15, 0.2) is 11.6 Å². The molecule has 0 spiro atoms. The van der Waals surface area contributed by atoms with Crippen LogP contribution < -0.4 is 9.47 Å². The van der Waals surface area contributed by atoms with Crippen LogP contribution in [0.1, 0.15) is 10.4 Å². The van der Waals surface area contributed by atoms with E-state index in [4.69, 9.17) is 14.6 Å². The molecule has 1 N–H and O–H groups in total. The molecule has 0 fully saturated rings. The summed E-state index contributed by atoms with van der Waals surface area (Å²) in [6, 6.07) is 2.02. The molecule has 1 aliphatic heterocycles. The first kappa shape index (κ1) is 9.45. The van der Waals surface area contributed by atoms with Gasteiger partial charge in [-0.05, 0) is 12.1 Å². The largest absolute Gasteiger partial charge is 0.475 e. The van der Waals surface area contributed by atoms with E-state index in [1.54, 1.807) is 0 Å². The maximum atomic E-state index is 13.1. The van der Waals surface area contributed by atoms with Gasteiger partial charge in [0.05, 0.1) is 5.56 Å². The standard InChI is InChI=1S/C9H5FO5/c10-5-2-1-4(6(11)9(12)13)7-8(5)15-3-14-7/h1-2H,3H2,(H,12,13). The second kappa shape index (κ2) is 3.23. The van der Waals surface area contributed by atoms with Crippen LogP contribution in [0.3, 0.4) is 0 Å². The highest BCUT2D eigenvalue weighted by molar-refractivity contribution is 6.40. The van der Waals surface area contributed by atoms with Crippen molar-refractivity contribution in [3.8, 4) is 11.5 Å². The topological polar surface area (TPSA) is 72.8 Å². The van der Waals surface area contributed by atoms with E-state index in [9.17, 15) is 14.0 Å². The lowest BCUT2D eigenvalue weighted by atomic mass is 10.1. The molecule has 0 bridgehead atoms. The smallest absolute Gasteiger partial charge is 0.377 e. The molecule has 0 saturated heterocycles. The number of carbonyl (C=O) groups excluding carboxylic acids is 1. The fraction of sp³-hybridized carbons (Fsp3) is 0.111. The lowest BCUT2D eigenvalue weighted by molar-refractivity contribution is -0.131. The first-order valence-electron chi connectivity index (χ1n) is 3.97. The van der Waals surface area contributed by atoms with Crippen LogP contribution >= 0.6 is 0 Å². The molecule has 0 aromatic heterocycles. The van der Waals surface area contributed by atoms with Crippen molar-refractivity contribution in [2.24, 2.45) is 0 Å². The average molecular weight is 212 g/mol. The third-order valence-corrected chi connectivity index (χ3v) is 1.91. The molecule has 1 heterocycles. The molecule has 1 aromatic carbocycles. The predicted octanol–water partition coefficient (Wildman–Crippen LogP) is 0.822. The number of aliphatic carboxylic acids is 1. The van der Waals surface area contributed by atoms with Gasteiger partial charge >= 0.3 is 5.97 Å². The maximum absolute atomic E-state index is 13.1. The predicted molar refractivity (Wildman–Crippen MR) is 44.5 cm³/mol. The molecule has 2 rings (SSSR count). The van der Waals surface area contributed by atoms with Crippen molar-refractivity contribution in [2.45, 2.75) is 0 Å². The summed E-state index contributed by atoms with van der Waals surface area (Å²) in [4.78, 5) is 21.6. The first-order chi connectivity index (χ1) is 7.11. The Morgan fingerprint density at radius 2 is 1.93 bits per heavy atom. The molecule has 15 heavy (non-hydrogen) atoms. The number of rotatable bonds is 2. The second-order valence-corrected chi connectivity index (χ2v) is 2.79. The minimum atomic E-state index is -1.63. The van der Waals surface area contributed by atoms with Gasteiger partial charge in [-0.15, -0.1) is 0 Å². The Bertz CT molecular complexity index is 454. The molecular weight excluding hydrogens is 207 g/mol. The maximum Gasteiger partial charge on any atom is 0.377 e. The normalized spacial score (nSPS) is 12.6. The molecule has 0 saturated carbocycles. The molecule has 0 radical (unpaired) electrons. The van der Waals surface area contributed by atoms with E-state index in [0.717, 1.165) is 12.1 Å². The van der Waals surface area contributed by atoms with Crippen LogP contribution in [0.5, 0.6) is 11.5 Å². The highest BCUT2D eigenvalue weighted by Crippen LogP contribution is 2.38. The fourth-order valence-electron chi connectivity index (χ4n) is 1.26. The molecule has 78 valence electrons. The van der Waals surface area contributed by atoms with E-state index >= 15 is 0 Å². The highest BCUT2D eigenvalue weighted by Gasteiger charge is 2.28. The highest BCUT2D eigenvalue weighted by atomic mass is 19.1. The van der Waals surface area contributed by atoms with Gasteiger partial charge in [0.25, 0.3) is 5.78 Å². The van der Waals surface area contributed by atoms with E-state index in [-0.39, 0.29) is 23.9 Å². The van der Waals surface area contributed by atoms with Crippen molar-refractivity contribution in [3.63, 3.8) is 0 Å². The summed E-state index contributed by atoms with van der Waals surface area (Å²) >= 11 is 0. The van der Waals surface area contributed by atoms with Crippen molar-refractivity contribution >= 4 is 11.8 Å². The van der Waals surface area contributed by atoms with Gasteiger partial charge in [-0.1, -0.05) is 0 Å². The Morgan fingerprint density at radius 3 is 2.60 bits per heavy atom. The molecule has 0 unspecified atom stereocenters. The average Bonchev–Trinajstić information content (AvgIpc) is 2.66. The van der Waals surface area contributed by atoms with Crippen LogP contribution in [0.25, 0.3) is 0 Å². The lowest BCUT2D eigenvalue weighted by Crippen LogP contribution is -2.13. The summed E-state index contributed by atoms with van der Waals surface area (Å²) in [5.74, 6) is -3.84. The Morgan fingerprint density at radius 1 is 1.27 bits per heavy atom. The molecule has 0 amide bonds. The van der Waals surface area contributed by atoms with Gasteiger partial charge in [0, 0.05) is 0 Å². The molecule has 6 heteroatoms. The summed E-state index contributed by atoms with van der Waals surface area (Å²) in [7, 11) is 0. The molecule has 0 atom stereocenters. The summed E-state index contributed by atoms with van der Waals surface area (Å²) < 4.78 is 22.7. The minimum Gasteiger partial charge on any atom is -0.475 e. The molecule has 1 aliphatic rings. The van der Waals surface area contributed by atoms with Gasteiger partial charge in [0.1, 0.15) is 0 Å². The number of ether oxygens (including phenoxy) is 2. The number of carbonyl (C=O) groups is 2. The number of halogens is 1. The van der Waals surface area contributed by atoms with E-state index in [0.29, 0.717) is 0 Å². The van der Waals surface area contributed by atoms with Crippen LogP contribution in [0.15, 0.2) is 12.1 Å². The molecular formula is C9H5FO5. The lowest BCUT2D eigenvalue weighted by Gasteiger charge is -2.02. The number of hydrogen-bond donors (Lipinski definition) is 1. The van der Waals surface area contributed by atoms with Gasteiger partial charge in [-0.25, -0.2) is 9.18 Å². The number of Topliss-reactive ketones (excluding diaryl/α,β-unsaturated/α-hetero) is 1.